The summed E-state index contributed by atoms with van der Waals surface area (Å²) >= 11 is 0. The molecule has 0 aromatic heterocycles. The van der Waals surface area contributed by atoms with Crippen LogP contribution in [0.4, 0.5) is 0 Å². The van der Waals surface area contributed by atoms with Crippen molar-refractivity contribution < 1.29 is 22.7 Å². The highest BCUT2D eigenvalue weighted by atomic mass is 32.2. The van der Waals surface area contributed by atoms with Crippen molar-refractivity contribution in [3.05, 3.63) is 53.6 Å². The number of ether oxygens (including phenoxy) is 2. The Balaban J connectivity index is 1.43. The zero-order valence-corrected chi connectivity index (χ0v) is 18.2. The van der Waals surface area contributed by atoms with Crippen LogP contribution >= 0.6 is 0 Å². The van der Waals surface area contributed by atoms with Gasteiger partial charge in [0.25, 0.3) is 10.0 Å². The number of aliphatic imine (C=N–C) groups is 1. The van der Waals surface area contributed by atoms with E-state index in [9.17, 15) is 13.2 Å². The van der Waals surface area contributed by atoms with Gasteiger partial charge < -0.3 is 14.8 Å². The van der Waals surface area contributed by atoms with Gasteiger partial charge in [-0.3, -0.25) is 14.5 Å². The molecule has 0 radical (unpaired) electrons. The largest absolute Gasteiger partial charge is 0.486 e. The second-order valence-electron chi connectivity index (χ2n) is 7.79. The lowest BCUT2D eigenvalue weighted by Crippen LogP contribution is -2.39. The van der Waals surface area contributed by atoms with Crippen LogP contribution in [0.3, 0.4) is 0 Å². The SMILES string of the molecule is CC(C)[C@H](N=C1NS(=O)(=O)c2ccccc21)C(=O)NCCc1ccc2c(c1)OCCO2. The number of rotatable bonds is 6. The van der Waals surface area contributed by atoms with Crippen LogP contribution in [-0.2, 0) is 21.2 Å². The van der Waals surface area contributed by atoms with E-state index < -0.39 is 16.1 Å². The van der Waals surface area contributed by atoms with Crippen molar-refractivity contribution in [3.63, 3.8) is 0 Å². The molecule has 2 aromatic carbocycles. The molecule has 0 unspecified atom stereocenters. The van der Waals surface area contributed by atoms with E-state index in [4.69, 9.17) is 9.47 Å². The molecule has 2 N–H and O–H groups in total. The molecule has 4 rings (SSSR count). The standard InChI is InChI=1S/C22H25N3O5S/c1-14(2)20(24-21-16-5-3-4-6-19(16)31(27,28)25-21)22(26)23-10-9-15-7-8-17-18(13-15)30-12-11-29-17/h3-8,13-14,20H,9-12H2,1-2H3,(H,23,26)(H,24,25)/t20-/m0/s1. The second-order valence-corrected chi connectivity index (χ2v) is 9.44. The third-order valence-corrected chi connectivity index (χ3v) is 6.55. The number of carbonyl (C=O) groups is 1. The third kappa shape index (κ3) is 4.51. The van der Waals surface area contributed by atoms with Gasteiger partial charge in [-0.25, -0.2) is 8.42 Å². The highest BCUT2D eigenvalue weighted by Crippen LogP contribution is 2.30. The molecule has 0 bridgehead atoms. The van der Waals surface area contributed by atoms with Crippen LogP contribution in [0.15, 0.2) is 52.4 Å². The zero-order valence-electron chi connectivity index (χ0n) is 17.4. The first-order chi connectivity index (χ1) is 14.8. The lowest BCUT2D eigenvalue weighted by atomic mass is 10.0. The van der Waals surface area contributed by atoms with Gasteiger partial charge in [0.2, 0.25) is 5.91 Å². The molecule has 8 nitrogen and oxygen atoms in total. The quantitative estimate of drug-likeness (QED) is 0.709. The number of nitrogens with one attached hydrogen (secondary N) is 2. The van der Waals surface area contributed by atoms with Crippen LogP contribution in [0.5, 0.6) is 11.5 Å². The molecule has 164 valence electrons. The molecule has 0 saturated heterocycles. The average Bonchev–Trinajstić information content (AvgIpc) is 3.02. The first-order valence-corrected chi connectivity index (χ1v) is 11.7. The van der Waals surface area contributed by atoms with Crippen molar-refractivity contribution in [1.29, 1.82) is 0 Å². The van der Waals surface area contributed by atoms with E-state index in [1.54, 1.807) is 18.2 Å². The minimum atomic E-state index is -3.65. The molecular formula is C22H25N3O5S. The Hall–Kier alpha value is -3.07. The summed E-state index contributed by atoms with van der Waals surface area (Å²) in [6.07, 6.45) is 0.624. The van der Waals surface area contributed by atoms with E-state index in [0.717, 1.165) is 11.3 Å². The van der Waals surface area contributed by atoms with Crippen molar-refractivity contribution in [2.24, 2.45) is 10.9 Å². The Kier molecular flexibility index (Phi) is 5.86. The maximum absolute atomic E-state index is 12.8. The van der Waals surface area contributed by atoms with Crippen molar-refractivity contribution in [3.8, 4) is 11.5 Å². The molecule has 2 heterocycles. The van der Waals surface area contributed by atoms with Crippen LogP contribution in [0, 0.1) is 5.92 Å². The van der Waals surface area contributed by atoms with Crippen molar-refractivity contribution in [1.82, 2.24) is 10.0 Å². The molecule has 0 saturated carbocycles. The molecular weight excluding hydrogens is 418 g/mol. The van der Waals surface area contributed by atoms with Gasteiger partial charge in [-0.15, -0.1) is 0 Å². The van der Waals surface area contributed by atoms with E-state index in [1.165, 1.54) is 6.07 Å². The Morgan fingerprint density at radius 1 is 1.13 bits per heavy atom. The number of fused-ring (bicyclic) bond motifs is 2. The summed E-state index contributed by atoms with van der Waals surface area (Å²) in [5, 5.41) is 2.92. The van der Waals surface area contributed by atoms with Gasteiger partial charge in [-0.05, 0) is 42.2 Å². The number of amides is 1. The van der Waals surface area contributed by atoms with Gasteiger partial charge in [0, 0.05) is 12.1 Å². The summed E-state index contributed by atoms with van der Waals surface area (Å²) in [5.41, 5.74) is 1.51. The minimum Gasteiger partial charge on any atom is -0.486 e. The van der Waals surface area contributed by atoms with Crippen molar-refractivity contribution in [2.45, 2.75) is 31.2 Å². The fourth-order valence-corrected chi connectivity index (χ4v) is 4.80. The Morgan fingerprint density at radius 2 is 1.87 bits per heavy atom. The fourth-order valence-electron chi connectivity index (χ4n) is 3.56. The van der Waals surface area contributed by atoms with E-state index >= 15 is 0 Å². The van der Waals surface area contributed by atoms with Gasteiger partial charge in [0.1, 0.15) is 25.1 Å². The van der Waals surface area contributed by atoms with Crippen LogP contribution in [-0.4, -0.2) is 46.0 Å². The number of carbonyl (C=O) groups excluding carboxylic acids is 1. The molecule has 0 fully saturated rings. The molecule has 2 aliphatic rings. The van der Waals surface area contributed by atoms with Gasteiger partial charge in [0.05, 0.1) is 4.90 Å². The Bertz CT molecular complexity index is 1130. The van der Waals surface area contributed by atoms with Gasteiger partial charge in [-0.1, -0.05) is 32.0 Å². The highest BCUT2D eigenvalue weighted by molar-refractivity contribution is 7.90. The van der Waals surface area contributed by atoms with E-state index in [2.05, 4.69) is 15.0 Å². The summed E-state index contributed by atoms with van der Waals surface area (Å²) in [6.45, 7) is 5.25. The van der Waals surface area contributed by atoms with E-state index in [-0.39, 0.29) is 22.6 Å². The molecule has 31 heavy (non-hydrogen) atoms. The molecule has 0 spiro atoms. The van der Waals surface area contributed by atoms with Crippen LogP contribution in [0.1, 0.15) is 25.0 Å². The molecule has 2 aromatic rings. The first-order valence-electron chi connectivity index (χ1n) is 10.2. The van der Waals surface area contributed by atoms with Gasteiger partial charge >= 0.3 is 0 Å². The predicted octanol–water partition coefficient (Wildman–Crippen LogP) is 1.88. The lowest BCUT2D eigenvalue weighted by molar-refractivity contribution is -0.123. The predicted molar refractivity (Wildman–Crippen MR) is 116 cm³/mol. The number of benzene rings is 2. The summed E-state index contributed by atoms with van der Waals surface area (Å²) < 4.78 is 38.2. The lowest BCUT2D eigenvalue weighted by Gasteiger charge is -2.19. The Labute approximate surface area is 181 Å². The normalized spacial score (nSPS) is 18.4. The van der Waals surface area contributed by atoms with Crippen molar-refractivity contribution in [2.75, 3.05) is 19.8 Å². The monoisotopic (exact) mass is 443 g/mol. The molecule has 0 aliphatic carbocycles. The molecule has 1 atom stereocenters. The van der Waals surface area contributed by atoms with Crippen LogP contribution in [0.25, 0.3) is 0 Å². The zero-order chi connectivity index (χ0) is 22.0. The van der Waals surface area contributed by atoms with E-state index in [0.29, 0.717) is 37.5 Å². The summed E-state index contributed by atoms with van der Waals surface area (Å²) in [7, 11) is -3.65. The fraction of sp³-hybridized carbons (Fsp3) is 0.364. The summed E-state index contributed by atoms with van der Waals surface area (Å²) in [6, 6.07) is 11.6. The molecule has 1 amide bonds. The smallest absolute Gasteiger partial charge is 0.263 e. The number of amidine groups is 1. The average molecular weight is 444 g/mol. The molecule has 9 heteroatoms. The minimum absolute atomic E-state index is 0.112. The van der Waals surface area contributed by atoms with Gasteiger partial charge in [-0.2, -0.15) is 0 Å². The van der Waals surface area contributed by atoms with Crippen LogP contribution < -0.4 is 19.5 Å². The number of hydrogen-bond acceptors (Lipinski definition) is 6. The van der Waals surface area contributed by atoms with Crippen molar-refractivity contribution >= 4 is 21.8 Å². The third-order valence-electron chi connectivity index (χ3n) is 5.15. The summed E-state index contributed by atoms with van der Waals surface area (Å²) in [4.78, 5) is 17.5. The number of nitrogens with zero attached hydrogens (tertiary/aromatic N) is 1. The summed E-state index contributed by atoms with van der Waals surface area (Å²) in [5.74, 6) is 1.29. The topological polar surface area (TPSA) is 106 Å². The van der Waals surface area contributed by atoms with Gasteiger partial charge in [0.15, 0.2) is 11.5 Å². The Morgan fingerprint density at radius 3 is 2.65 bits per heavy atom. The maximum Gasteiger partial charge on any atom is 0.263 e. The van der Waals surface area contributed by atoms with Crippen LogP contribution in [0.2, 0.25) is 0 Å². The molecule has 2 aliphatic heterocycles. The maximum atomic E-state index is 12.8. The number of hydrogen-bond donors (Lipinski definition) is 2. The first kappa shape index (κ1) is 21.2. The number of sulfonamides is 1. The highest BCUT2D eigenvalue weighted by Gasteiger charge is 2.32. The second kappa shape index (κ2) is 8.58. The van der Waals surface area contributed by atoms with E-state index in [1.807, 2.05) is 32.0 Å².